The van der Waals surface area contributed by atoms with E-state index in [1.165, 1.54) is 5.56 Å². The van der Waals surface area contributed by atoms with Crippen molar-refractivity contribution < 1.29 is 9.47 Å². The van der Waals surface area contributed by atoms with Crippen molar-refractivity contribution in [3.05, 3.63) is 23.8 Å². The largest absolute Gasteiger partial charge is 0.497 e. The van der Waals surface area contributed by atoms with Crippen molar-refractivity contribution in [2.24, 2.45) is 0 Å². The summed E-state index contributed by atoms with van der Waals surface area (Å²) in [6.45, 7) is 5.41. The molecule has 1 aromatic rings. The second kappa shape index (κ2) is 7.98. The van der Waals surface area contributed by atoms with Crippen molar-refractivity contribution in [1.82, 2.24) is 5.32 Å². The number of ether oxygens (including phenoxy) is 2. The lowest BCUT2D eigenvalue weighted by molar-refractivity contribution is 0.381. The van der Waals surface area contributed by atoms with Gasteiger partial charge in [-0.2, -0.15) is 0 Å². The molecular formula is C15H25NO2. The Morgan fingerprint density at radius 2 is 1.89 bits per heavy atom. The van der Waals surface area contributed by atoms with E-state index in [9.17, 15) is 0 Å². The van der Waals surface area contributed by atoms with Gasteiger partial charge in [0.05, 0.1) is 14.2 Å². The highest BCUT2D eigenvalue weighted by Gasteiger charge is 2.15. The second-order valence-electron chi connectivity index (χ2n) is 4.40. The van der Waals surface area contributed by atoms with Gasteiger partial charge in [-0.05, 0) is 25.5 Å². The number of rotatable bonds is 8. The SMILES string of the molecule is CCCNC(CCC)c1ccc(OC)cc1OC. The Morgan fingerprint density at radius 1 is 1.11 bits per heavy atom. The van der Waals surface area contributed by atoms with Gasteiger partial charge < -0.3 is 14.8 Å². The summed E-state index contributed by atoms with van der Waals surface area (Å²) in [5.74, 6) is 1.73. The third kappa shape index (κ3) is 3.91. The molecule has 102 valence electrons. The fourth-order valence-corrected chi connectivity index (χ4v) is 2.08. The summed E-state index contributed by atoms with van der Waals surface area (Å²) in [5, 5.41) is 3.58. The Balaban J connectivity index is 2.94. The molecule has 1 N–H and O–H groups in total. The molecule has 18 heavy (non-hydrogen) atoms. The predicted octanol–water partition coefficient (Wildman–Crippen LogP) is 3.54. The maximum Gasteiger partial charge on any atom is 0.127 e. The second-order valence-corrected chi connectivity index (χ2v) is 4.40. The highest BCUT2D eigenvalue weighted by molar-refractivity contribution is 5.42. The van der Waals surface area contributed by atoms with Crippen molar-refractivity contribution in [2.45, 2.75) is 39.2 Å². The molecule has 0 fully saturated rings. The predicted molar refractivity (Wildman–Crippen MR) is 75.5 cm³/mol. The summed E-state index contributed by atoms with van der Waals surface area (Å²) in [5.41, 5.74) is 1.22. The van der Waals surface area contributed by atoms with Crippen molar-refractivity contribution in [3.63, 3.8) is 0 Å². The van der Waals surface area contributed by atoms with Crippen molar-refractivity contribution in [3.8, 4) is 11.5 Å². The highest BCUT2D eigenvalue weighted by atomic mass is 16.5. The van der Waals surface area contributed by atoms with E-state index in [0.717, 1.165) is 37.3 Å². The van der Waals surface area contributed by atoms with Crippen LogP contribution in [-0.2, 0) is 0 Å². The lowest BCUT2D eigenvalue weighted by Gasteiger charge is -2.21. The van der Waals surface area contributed by atoms with Gasteiger partial charge in [0.15, 0.2) is 0 Å². The molecule has 0 saturated heterocycles. The van der Waals surface area contributed by atoms with E-state index in [1.54, 1.807) is 14.2 Å². The van der Waals surface area contributed by atoms with Gasteiger partial charge in [-0.15, -0.1) is 0 Å². The monoisotopic (exact) mass is 251 g/mol. The molecule has 0 bridgehead atoms. The minimum Gasteiger partial charge on any atom is -0.497 e. The molecule has 0 aliphatic carbocycles. The average molecular weight is 251 g/mol. The van der Waals surface area contributed by atoms with Crippen LogP contribution < -0.4 is 14.8 Å². The molecule has 1 rings (SSSR count). The van der Waals surface area contributed by atoms with Crippen LogP contribution in [0, 0.1) is 0 Å². The summed E-state index contributed by atoms with van der Waals surface area (Å²) in [6, 6.07) is 6.40. The lowest BCUT2D eigenvalue weighted by Crippen LogP contribution is -2.22. The molecular weight excluding hydrogens is 226 g/mol. The third-order valence-corrected chi connectivity index (χ3v) is 3.03. The quantitative estimate of drug-likeness (QED) is 0.766. The number of methoxy groups -OCH3 is 2. The maximum atomic E-state index is 5.48. The molecule has 1 unspecified atom stereocenters. The molecule has 0 heterocycles. The molecule has 1 atom stereocenters. The maximum absolute atomic E-state index is 5.48. The van der Waals surface area contributed by atoms with E-state index < -0.39 is 0 Å². The Hall–Kier alpha value is -1.22. The standard InChI is InChI=1S/C15H25NO2/c1-5-7-14(16-10-6-2)13-9-8-12(17-3)11-15(13)18-4/h8-9,11,14,16H,5-7,10H2,1-4H3. The van der Waals surface area contributed by atoms with Gasteiger partial charge in [-0.3, -0.25) is 0 Å². The summed E-state index contributed by atoms with van der Waals surface area (Å²) in [7, 11) is 3.38. The minimum atomic E-state index is 0.357. The van der Waals surface area contributed by atoms with E-state index in [-0.39, 0.29) is 0 Å². The summed E-state index contributed by atoms with van der Waals surface area (Å²) in [4.78, 5) is 0. The smallest absolute Gasteiger partial charge is 0.127 e. The first-order valence-electron chi connectivity index (χ1n) is 6.72. The zero-order valence-corrected chi connectivity index (χ0v) is 12.0. The molecule has 0 aliphatic heterocycles. The fourth-order valence-electron chi connectivity index (χ4n) is 2.08. The highest BCUT2D eigenvalue weighted by Crippen LogP contribution is 2.31. The van der Waals surface area contributed by atoms with E-state index in [2.05, 4.69) is 25.2 Å². The Morgan fingerprint density at radius 3 is 2.44 bits per heavy atom. The van der Waals surface area contributed by atoms with Crippen LogP contribution in [0.4, 0.5) is 0 Å². The van der Waals surface area contributed by atoms with E-state index in [0.29, 0.717) is 6.04 Å². The van der Waals surface area contributed by atoms with Crippen molar-refractivity contribution in [1.29, 1.82) is 0 Å². The minimum absolute atomic E-state index is 0.357. The van der Waals surface area contributed by atoms with E-state index in [1.807, 2.05) is 12.1 Å². The first kappa shape index (κ1) is 14.8. The molecule has 0 saturated carbocycles. The zero-order valence-electron chi connectivity index (χ0n) is 12.0. The van der Waals surface area contributed by atoms with Gasteiger partial charge in [-0.25, -0.2) is 0 Å². The average Bonchev–Trinajstić information content (AvgIpc) is 2.42. The van der Waals surface area contributed by atoms with Crippen molar-refractivity contribution >= 4 is 0 Å². The zero-order chi connectivity index (χ0) is 13.4. The molecule has 0 aromatic heterocycles. The molecule has 3 nitrogen and oxygen atoms in total. The van der Waals surface area contributed by atoms with Gasteiger partial charge in [0.1, 0.15) is 11.5 Å². The topological polar surface area (TPSA) is 30.5 Å². The summed E-state index contributed by atoms with van der Waals surface area (Å²) < 4.78 is 10.7. The van der Waals surface area contributed by atoms with Crippen LogP contribution in [0.25, 0.3) is 0 Å². The summed E-state index contributed by atoms with van der Waals surface area (Å²) >= 11 is 0. The van der Waals surface area contributed by atoms with Crippen LogP contribution in [0.2, 0.25) is 0 Å². The number of nitrogens with one attached hydrogen (secondary N) is 1. The van der Waals surface area contributed by atoms with E-state index >= 15 is 0 Å². The lowest BCUT2D eigenvalue weighted by atomic mass is 10.0. The fraction of sp³-hybridized carbons (Fsp3) is 0.600. The molecule has 0 spiro atoms. The first-order valence-corrected chi connectivity index (χ1v) is 6.72. The van der Waals surface area contributed by atoms with Crippen LogP contribution in [-0.4, -0.2) is 20.8 Å². The van der Waals surface area contributed by atoms with Gasteiger partial charge in [0.2, 0.25) is 0 Å². The molecule has 3 heteroatoms. The summed E-state index contributed by atoms with van der Waals surface area (Å²) in [6.07, 6.45) is 3.40. The molecule has 0 amide bonds. The van der Waals surface area contributed by atoms with E-state index in [4.69, 9.17) is 9.47 Å². The van der Waals surface area contributed by atoms with Crippen LogP contribution in [0.5, 0.6) is 11.5 Å². The van der Waals surface area contributed by atoms with Gasteiger partial charge in [0.25, 0.3) is 0 Å². The van der Waals surface area contributed by atoms with Crippen LogP contribution >= 0.6 is 0 Å². The molecule has 1 aromatic carbocycles. The Labute approximate surface area is 110 Å². The normalized spacial score (nSPS) is 12.2. The van der Waals surface area contributed by atoms with Crippen LogP contribution in [0.3, 0.4) is 0 Å². The van der Waals surface area contributed by atoms with Gasteiger partial charge in [-0.1, -0.05) is 26.3 Å². The number of hydrogen-bond donors (Lipinski definition) is 1. The first-order chi connectivity index (χ1) is 8.76. The number of benzene rings is 1. The number of hydrogen-bond acceptors (Lipinski definition) is 3. The third-order valence-electron chi connectivity index (χ3n) is 3.03. The van der Waals surface area contributed by atoms with Crippen molar-refractivity contribution in [2.75, 3.05) is 20.8 Å². The Bertz CT molecular complexity index is 352. The van der Waals surface area contributed by atoms with Crippen LogP contribution in [0.1, 0.15) is 44.7 Å². The van der Waals surface area contributed by atoms with Crippen LogP contribution in [0.15, 0.2) is 18.2 Å². The van der Waals surface area contributed by atoms with Gasteiger partial charge in [0, 0.05) is 17.7 Å². The Kier molecular flexibility index (Phi) is 6.58. The van der Waals surface area contributed by atoms with Gasteiger partial charge >= 0.3 is 0 Å². The molecule has 0 aliphatic rings. The molecule has 0 radical (unpaired) electrons.